The maximum absolute atomic E-state index is 14.0. The summed E-state index contributed by atoms with van der Waals surface area (Å²) in [7, 11) is 0. The third-order valence-electron chi connectivity index (χ3n) is 6.33. The molecule has 1 unspecified atom stereocenters. The predicted octanol–water partition coefficient (Wildman–Crippen LogP) is 7.19. The number of aromatic nitrogens is 2. The van der Waals surface area contributed by atoms with Crippen LogP contribution in [0.5, 0.6) is 5.75 Å². The Hall–Kier alpha value is -4.80. The van der Waals surface area contributed by atoms with Crippen LogP contribution < -0.4 is 10.1 Å². The summed E-state index contributed by atoms with van der Waals surface area (Å²) in [5.74, 6) is -3.06. The van der Waals surface area contributed by atoms with E-state index in [0.29, 0.717) is 33.7 Å². The Bertz CT molecular complexity index is 1700. The minimum atomic E-state index is -4.90. The normalized spacial score (nSPS) is 12.3. The summed E-state index contributed by atoms with van der Waals surface area (Å²) in [5, 5.41) is 3.35. The van der Waals surface area contributed by atoms with E-state index in [1.165, 1.54) is 30.5 Å². The van der Waals surface area contributed by atoms with Gasteiger partial charge in [0, 0.05) is 34.9 Å². The molecule has 0 aliphatic carbocycles. The molecule has 5 aromatic rings. The number of hydrogen-bond acceptors (Lipinski definition) is 3. The predicted molar refractivity (Wildman–Crippen MR) is 139 cm³/mol. The summed E-state index contributed by atoms with van der Waals surface area (Å²) >= 11 is 0. The first kappa shape index (κ1) is 27.8. The number of rotatable bonds is 8. The number of amides is 1. The van der Waals surface area contributed by atoms with Gasteiger partial charge >= 0.3 is 6.36 Å². The number of benzene rings is 3. The quantitative estimate of drug-likeness (QED) is 0.195. The molecule has 1 amide bonds. The Balaban J connectivity index is 1.50. The molecule has 0 spiro atoms. The van der Waals surface area contributed by atoms with Gasteiger partial charge in [0.05, 0.1) is 18.2 Å². The van der Waals surface area contributed by atoms with E-state index in [4.69, 9.17) is 0 Å². The van der Waals surface area contributed by atoms with Crippen LogP contribution in [0.25, 0.3) is 22.0 Å². The topological polar surface area (TPSA) is 67.0 Å². The number of ether oxygens (including phenoxy) is 1. The van der Waals surface area contributed by atoms with Crippen LogP contribution in [0, 0.1) is 17.5 Å². The number of carbonyl (C=O) groups excluding carboxylic acids is 1. The maximum atomic E-state index is 14.0. The number of H-pyrrole nitrogens is 1. The molecule has 0 saturated carbocycles. The fourth-order valence-corrected chi connectivity index (χ4v) is 4.70. The molecule has 0 aliphatic heterocycles. The summed E-state index contributed by atoms with van der Waals surface area (Å²) in [6, 6.07) is 14.5. The van der Waals surface area contributed by atoms with Gasteiger partial charge in [0.25, 0.3) is 0 Å². The van der Waals surface area contributed by atoms with Crippen LogP contribution in [0.2, 0.25) is 0 Å². The second kappa shape index (κ2) is 11.4. The molecule has 210 valence electrons. The zero-order valence-corrected chi connectivity index (χ0v) is 21.1. The van der Waals surface area contributed by atoms with Crippen molar-refractivity contribution in [2.24, 2.45) is 0 Å². The lowest BCUT2D eigenvalue weighted by atomic mass is 9.95. The first-order valence-electron chi connectivity index (χ1n) is 12.3. The molecule has 5 nitrogen and oxygen atoms in total. The summed E-state index contributed by atoms with van der Waals surface area (Å²) < 4.78 is 84.5. The highest BCUT2D eigenvalue weighted by Crippen LogP contribution is 2.33. The molecule has 2 N–H and O–H groups in total. The van der Waals surface area contributed by atoms with Crippen LogP contribution >= 0.6 is 0 Å². The van der Waals surface area contributed by atoms with E-state index in [0.717, 1.165) is 18.2 Å². The maximum Gasteiger partial charge on any atom is 0.573 e. The highest BCUT2D eigenvalue weighted by atomic mass is 19.4. The molecule has 41 heavy (non-hydrogen) atoms. The van der Waals surface area contributed by atoms with Gasteiger partial charge in [-0.15, -0.1) is 13.2 Å². The zero-order valence-electron chi connectivity index (χ0n) is 21.1. The van der Waals surface area contributed by atoms with E-state index in [1.54, 1.807) is 30.5 Å². The van der Waals surface area contributed by atoms with Crippen molar-refractivity contribution < 1.29 is 35.9 Å². The van der Waals surface area contributed by atoms with Crippen LogP contribution in [0.3, 0.4) is 0 Å². The second-order valence-electron chi connectivity index (χ2n) is 9.29. The van der Waals surface area contributed by atoms with Crippen molar-refractivity contribution >= 4 is 16.8 Å². The number of pyridine rings is 1. The number of halogens is 6. The SMILES string of the molecule is O=C(Cc1c[nH]c2ccc(F)cc12)NC(Cc1cc(F)cc(F)c1)c1ncccc1-c1cccc(OC(F)(F)F)c1. The van der Waals surface area contributed by atoms with Crippen LogP contribution in [0.15, 0.2) is 85.2 Å². The zero-order chi connectivity index (χ0) is 29.1. The van der Waals surface area contributed by atoms with E-state index in [1.807, 2.05) is 0 Å². The molecule has 3 aromatic carbocycles. The number of hydrogen-bond donors (Lipinski definition) is 2. The van der Waals surface area contributed by atoms with Gasteiger partial charge in [-0.05, 0) is 71.6 Å². The van der Waals surface area contributed by atoms with Gasteiger partial charge < -0.3 is 15.0 Å². The van der Waals surface area contributed by atoms with Crippen molar-refractivity contribution in [2.75, 3.05) is 0 Å². The van der Waals surface area contributed by atoms with Gasteiger partial charge in [-0.25, -0.2) is 13.2 Å². The number of alkyl halides is 3. The molecule has 0 fully saturated rings. The smallest absolute Gasteiger partial charge is 0.406 e. The molecule has 0 aliphatic rings. The molecule has 0 bridgehead atoms. The highest BCUT2D eigenvalue weighted by molar-refractivity contribution is 5.89. The summed E-state index contributed by atoms with van der Waals surface area (Å²) in [6.07, 6.45) is -2.14. The number of aromatic amines is 1. The third kappa shape index (κ3) is 6.86. The van der Waals surface area contributed by atoms with Gasteiger partial charge in [0.1, 0.15) is 23.2 Å². The highest BCUT2D eigenvalue weighted by Gasteiger charge is 2.31. The Morgan fingerprint density at radius 3 is 2.46 bits per heavy atom. The first-order valence-corrected chi connectivity index (χ1v) is 12.3. The average Bonchev–Trinajstić information content (AvgIpc) is 3.28. The van der Waals surface area contributed by atoms with Crippen LogP contribution in [0.1, 0.15) is 22.9 Å². The lowest BCUT2D eigenvalue weighted by Crippen LogP contribution is -2.32. The second-order valence-corrected chi connectivity index (χ2v) is 9.29. The van der Waals surface area contributed by atoms with E-state index in [-0.39, 0.29) is 24.1 Å². The first-order chi connectivity index (χ1) is 19.5. The van der Waals surface area contributed by atoms with Crippen molar-refractivity contribution in [1.82, 2.24) is 15.3 Å². The van der Waals surface area contributed by atoms with Crippen molar-refractivity contribution in [3.63, 3.8) is 0 Å². The Morgan fingerprint density at radius 1 is 0.927 bits per heavy atom. The minimum Gasteiger partial charge on any atom is -0.406 e. The fraction of sp³-hybridized carbons (Fsp3) is 0.133. The molecule has 1 atom stereocenters. The summed E-state index contributed by atoms with van der Waals surface area (Å²) in [4.78, 5) is 20.6. The van der Waals surface area contributed by atoms with Crippen molar-refractivity contribution in [1.29, 1.82) is 0 Å². The monoisotopic (exact) mass is 569 g/mol. The largest absolute Gasteiger partial charge is 0.573 e. The van der Waals surface area contributed by atoms with E-state index in [9.17, 15) is 31.1 Å². The molecule has 0 radical (unpaired) electrons. The number of nitrogens with zero attached hydrogens (tertiary/aromatic N) is 1. The Kier molecular flexibility index (Phi) is 7.69. The molecule has 0 saturated heterocycles. The Morgan fingerprint density at radius 2 is 1.71 bits per heavy atom. The fourth-order valence-electron chi connectivity index (χ4n) is 4.70. The summed E-state index contributed by atoms with van der Waals surface area (Å²) in [6.45, 7) is 0. The number of carbonyl (C=O) groups is 1. The molecule has 5 rings (SSSR count). The van der Waals surface area contributed by atoms with Crippen molar-refractivity contribution in [3.05, 3.63) is 119 Å². The van der Waals surface area contributed by atoms with E-state index < -0.39 is 41.5 Å². The average molecular weight is 570 g/mol. The van der Waals surface area contributed by atoms with Crippen LogP contribution in [-0.4, -0.2) is 22.2 Å². The molecule has 2 aromatic heterocycles. The van der Waals surface area contributed by atoms with Crippen molar-refractivity contribution in [2.45, 2.75) is 25.2 Å². The molecular formula is C30H21F6N3O2. The standard InChI is InChI=1S/C30H21F6N3O2/c31-20-6-7-26-25(15-20)19(16-38-26)13-28(40)39-27(11-17-9-21(32)14-22(33)10-17)29-24(5-2-8-37-29)18-3-1-4-23(12-18)41-30(34,35)36/h1-10,12,14-16,27,38H,11,13H2,(H,39,40). The van der Waals surface area contributed by atoms with E-state index in [2.05, 4.69) is 20.0 Å². The lowest BCUT2D eigenvalue weighted by molar-refractivity contribution is -0.274. The minimum absolute atomic E-state index is 0.0916. The molecule has 2 heterocycles. The van der Waals surface area contributed by atoms with Gasteiger partial charge in [-0.2, -0.15) is 0 Å². The van der Waals surface area contributed by atoms with Crippen LogP contribution in [-0.2, 0) is 17.6 Å². The number of fused-ring (bicyclic) bond motifs is 1. The van der Waals surface area contributed by atoms with Crippen LogP contribution in [0.4, 0.5) is 26.3 Å². The van der Waals surface area contributed by atoms with Gasteiger partial charge in [-0.3, -0.25) is 9.78 Å². The summed E-state index contributed by atoms with van der Waals surface area (Å²) in [5.41, 5.74) is 2.30. The van der Waals surface area contributed by atoms with Gasteiger partial charge in [0.2, 0.25) is 5.91 Å². The lowest BCUT2D eigenvalue weighted by Gasteiger charge is -2.22. The number of nitrogens with one attached hydrogen (secondary N) is 2. The molecular weight excluding hydrogens is 548 g/mol. The van der Waals surface area contributed by atoms with Gasteiger partial charge in [-0.1, -0.05) is 18.2 Å². The van der Waals surface area contributed by atoms with Gasteiger partial charge in [0.15, 0.2) is 0 Å². The van der Waals surface area contributed by atoms with Crippen molar-refractivity contribution in [3.8, 4) is 16.9 Å². The third-order valence-corrected chi connectivity index (χ3v) is 6.33. The molecule has 11 heteroatoms. The van der Waals surface area contributed by atoms with E-state index >= 15 is 0 Å². The Labute approximate surface area is 229 Å².